The average Bonchev–Trinajstić information content (AvgIpc) is 3.09. The Morgan fingerprint density at radius 3 is 1.59 bits per heavy atom. The predicted molar refractivity (Wildman–Crippen MR) is 136 cm³/mol. The van der Waals surface area contributed by atoms with E-state index in [0.717, 1.165) is 12.8 Å². The molecule has 1 aliphatic carbocycles. The van der Waals surface area contributed by atoms with Gasteiger partial charge in [-0.3, -0.25) is 9.59 Å². The minimum absolute atomic E-state index is 0.213. The molecular formula is C27H48O4Si. The molecule has 5 heteroatoms. The van der Waals surface area contributed by atoms with E-state index in [9.17, 15) is 9.59 Å². The molecular weight excluding hydrogens is 416 g/mol. The van der Waals surface area contributed by atoms with Crippen molar-refractivity contribution < 1.29 is 19.1 Å². The van der Waals surface area contributed by atoms with Crippen molar-refractivity contribution in [1.29, 1.82) is 0 Å². The third-order valence-corrected chi connectivity index (χ3v) is 13.3. The SMILES string of the molecule is C/C=C1\CC(COC(=O)C(C)(C)C)(COC(=O)C(C)(C)C)C\C1=C(/C)[Si](CC)(CC)CC. The molecule has 1 aliphatic rings. The fourth-order valence-electron chi connectivity index (χ4n) is 4.69. The number of hydrogen-bond donors (Lipinski definition) is 0. The Morgan fingerprint density at radius 1 is 0.875 bits per heavy atom. The maximum Gasteiger partial charge on any atom is 0.311 e. The number of esters is 2. The van der Waals surface area contributed by atoms with Crippen LogP contribution in [-0.4, -0.2) is 33.2 Å². The Balaban J connectivity index is 3.39. The first-order chi connectivity index (χ1) is 14.6. The standard InChI is InChI=1S/C27H48O4Si/c1-12-21-16-27(18-30-23(28)25(6,7)8,19-31-24(29)26(9,10)11)17-22(21)20(5)32(13-2,14-3)15-4/h12H,13-19H2,1-11H3/b21-12+,22-20-. The Hall–Kier alpha value is -1.36. The molecule has 0 aliphatic heterocycles. The van der Waals surface area contributed by atoms with Crippen LogP contribution in [0.4, 0.5) is 0 Å². The number of carbonyl (C=O) groups excluding carboxylic acids is 2. The van der Waals surface area contributed by atoms with E-state index in [4.69, 9.17) is 9.47 Å². The zero-order valence-electron chi connectivity index (χ0n) is 22.7. The Labute approximate surface area is 198 Å². The lowest BCUT2D eigenvalue weighted by Gasteiger charge is -2.32. The van der Waals surface area contributed by atoms with E-state index in [-0.39, 0.29) is 25.2 Å². The highest BCUT2D eigenvalue weighted by Crippen LogP contribution is 2.49. The molecule has 1 rings (SSSR count). The summed E-state index contributed by atoms with van der Waals surface area (Å²) in [6, 6.07) is 3.70. The summed E-state index contributed by atoms with van der Waals surface area (Å²) in [5.74, 6) is -0.427. The summed E-state index contributed by atoms with van der Waals surface area (Å²) < 4.78 is 11.7. The van der Waals surface area contributed by atoms with E-state index in [2.05, 4.69) is 40.7 Å². The molecule has 0 N–H and O–H groups in total. The van der Waals surface area contributed by atoms with Crippen LogP contribution in [0.1, 0.15) is 89.0 Å². The monoisotopic (exact) mass is 464 g/mol. The van der Waals surface area contributed by atoms with Gasteiger partial charge in [-0.25, -0.2) is 0 Å². The first-order valence-electron chi connectivity index (χ1n) is 12.3. The normalized spacial score (nSPS) is 19.8. The molecule has 0 saturated heterocycles. The van der Waals surface area contributed by atoms with Crippen LogP contribution in [0.25, 0.3) is 0 Å². The number of carbonyl (C=O) groups is 2. The van der Waals surface area contributed by atoms with Gasteiger partial charge in [-0.15, -0.1) is 0 Å². The summed E-state index contributed by atoms with van der Waals surface area (Å²) in [5, 5.41) is 1.57. The summed E-state index contributed by atoms with van der Waals surface area (Å²) in [6.07, 6.45) is 3.77. The van der Waals surface area contributed by atoms with Crippen molar-refractivity contribution in [2.45, 2.75) is 107 Å². The minimum Gasteiger partial charge on any atom is -0.465 e. The lowest BCUT2D eigenvalue weighted by Crippen LogP contribution is -2.37. The predicted octanol–water partition coefficient (Wildman–Crippen LogP) is 7.26. The van der Waals surface area contributed by atoms with Gasteiger partial charge in [0, 0.05) is 5.41 Å². The van der Waals surface area contributed by atoms with Crippen molar-refractivity contribution in [3.05, 3.63) is 22.4 Å². The third kappa shape index (κ3) is 6.58. The third-order valence-electron chi connectivity index (χ3n) is 7.38. The Morgan fingerprint density at radius 2 is 1.28 bits per heavy atom. The van der Waals surface area contributed by atoms with E-state index in [1.54, 1.807) is 5.20 Å². The van der Waals surface area contributed by atoms with Gasteiger partial charge in [0.05, 0.1) is 18.9 Å². The van der Waals surface area contributed by atoms with Gasteiger partial charge in [0.2, 0.25) is 0 Å². The summed E-state index contributed by atoms with van der Waals surface area (Å²) >= 11 is 0. The molecule has 1 saturated carbocycles. The first-order valence-corrected chi connectivity index (χ1v) is 14.9. The van der Waals surface area contributed by atoms with Gasteiger partial charge in [-0.2, -0.15) is 0 Å². The first kappa shape index (κ1) is 28.7. The number of rotatable bonds is 8. The highest BCUT2D eigenvalue weighted by Gasteiger charge is 2.45. The van der Waals surface area contributed by atoms with Gasteiger partial charge in [-0.05, 0) is 79.4 Å². The molecule has 0 atom stereocenters. The van der Waals surface area contributed by atoms with Crippen molar-refractivity contribution in [2.75, 3.05) is 13.2 Å². The van der Waals surface area contributed by atoms with Crippen LogP contribution in [0.15, 0.2) is 22.4 Å². The summed E-state index contributed by atoms with van der Waals surface area (Å²) in [7, 11) is -1.53. The van der Waals surface area contributed by atoms with Crippen LogP contribution in [-0.2, 0) is 19.1 Å². The Kier molecular flexibility index (Phi) is 9.60. The molecule has 0 unspecified atom stereocenters. The molecule has 4 nitrogen and oxygen atoms in total. The second kappa shape index (κ2) is 10.7. The average molecular weight is 465 g/mol. The van der Waals surface area contributed by atoms with Crippen LogP contribution >= 0.6 is 0 Å². The van der Waals surface area contributed by atoms with E-state index in [0.29, 0.717) is 0 Å². The van der Waals surface area contributed by atoms with E-state index < -0.39 is 24.3 Å². The molecule has 32 heavy (non-hydrogen) atoms. The second-order valence-corrected chi connectivity index (χ2v) is 17.2. The number of allylic oxidation sites excluding steroid dienone is 4. The van der Waals surface area contributed by atoms with Gasteiger partial charge in [0.15, 0.2) is 0 Å². The minimum atomic E-state index is -1.53. The van der Waals surface area contributed by atoms with Gasteiger partial charge >= 0.3 is 11.9 Å². The van der Waals surface area contributed by atoms with Crippen molar-refractivity contribution in [2.24, 2.45) is 16.2 Å². The molecule has 184 valence electrons. The maximum atomic E-state index is 12.6. The van der Waals surface area contributed by atoms with Gasteiger partial charge in [0.1, 0.15) is 13.2 Å². The van der Waals surface area contributed by atoms with Crippen molar-refractivity contribution in [3.63, 3.8) is 0 Å². The molecule has 0 aromatic heterocycles. The van der Waals surface area contributed by atoms with E-state index >= 15 is 0 Å². The summed E-state index contributed by atoms with van der Waals surface area (Å²) in [5.41, 5.74) is 1.22. The molecule has 0 radical (unpaired) electrons. The highest BCUT2D eigenvalue weighted by atomic mass is 28.3. The highest BCUT2D eigenvalue weighted by molar-refractivity contribution is 6.86. The summed E-state index contributed by atoms with van der Waals surface area (Å²) in [4.78, 5) is 25.2. The molecule has 0 amide bonds. The van der Waals surface area contributed by atoms with Crippen LogP contribution in [0.3, 0.4) is 0 Å². The molecule has 0 heterocycles. The fraction of sp³-hybridized carbons (Fsp3) is 0.778. The lowest BCUT2D eigenvalue weighted by atomic mass is 9.87. The maximum absolute atomic E-state index is 12.6. The summed E-state index contributed by atoms with van der Waals surface area (Å²) in [6.45, 7) is 23.2. The molecule has 0 aromatic carbocycles. The molecule has 1 fully saturated rings. The molecule has 0 spiro atoms. The van der Waals surface area contributed by atoms with Crippen LogP contribution in [0.2, 0.25) is 18.1 Å². The Bertz CT molecular complexity index is 704. The smallest absolute Gasteiger partial charge is 0.311 e. The van der Waals surface area contributed by atoms with E-state index in [1.165, 1.54) is 29.3 Å². The van der Waals surface area contributed by atoms with Gasteiger partial charge < -0.3 is 9.47 Å². The van der Waals surface area contributed by atoms with Gasteiger partial charge in [-0.1, -0.05) is 50.2 Å². The zero-order chi connectivity index (χ0) is 25.0. The quantitative estimate of drug-likeness (QED) is 0.280. The zero-order valence-corrected chi connectivity index (χ0v) is 23.7. The van der Waals surface area contributed by atoms with Crippen molar-refractivity contribution in [3.8, 4) is 0 Å². The fourth-order valence-corrected chi connectivity index (χ4v) is 8.67. The second-order valence-electron chi connectivity index (χ2n) is 11.8. The van der Waals surface area contributed by atoms with Crippen molar-refractivity contribution >= 4 is 20.0 Å². The topological polar surface area (TPSA) is 52.6 Å². The van der Waals surface area contributed by atoms with Crippen LogP contribution < -0.4 is 0 Å². The van der Waals surface area contributed by atoms with Crippen molar-refractivity contribution in [1.82, 2.24) is 0 Å². The lowest BCUT2D eigenvalue weighted by molar-refractivity contribution is -0.163. The largest absolute Gasteiger partial charge is 0.465 e. The van der Waals surface area contributed by atoms with E-state index in [1.807, 2.05) is 41.5 Å². The number of hydrogen-bond acceptors (Lipinski definition) is 4. The van der Waals surface area contributed by atoms with Crippen LogP contribution in [0, 0.1) is 16.2 Å². The van der Waals surface area contributed by atoms with Gasteiger partial charge in [0.25, 0.3) is 0 Å². The van der Waals surface area contributed by atoms with Crippen LogP contribution in [0.5, 0.6) is 0 Å². The molecule has 0 bridgehead atoms. The number of ether oxygens (including phenoxy) is 2. The molecule has 0 aromatic rings.